The minimum absolute atomic E-state index is 0. The molecule has 2 nitrogen and oxygen atoms in total. The van der Waals surface area contributed by atoms with Crippen molar-refractivity contribution in [3.05, 3.63) is 47.7 Å². The van der Waals surface area contributed by atoms with E-state index in [-0.39, 0.29) is 29.5 Å². The van der Waals surface area contributed by atoms with Gasteiger partial charge in [0.1, 0.15) is 6.54 Å². The molecule has 2 heterocycles. The number of allylic oxidation sites excluding steroid dienone is 1. The lowest BCUT2D eigenvalue weighted by atomic mass is 9.93. The van der Waals surface area contributed by atoms with E-state index in [4.69, 9.17) is 0 Å². The normalized spacial score (nSPS) is 20.2. The molecule has 120 valence electrons. The Morgan fingerprint density at radius 2 is 1.77 bits per heavy atom. The zero-order valence-corrected chi connectivity index (χ0v) is 15.9. The minimum Gasteiger partial charge on any atom is -1.00 e. The Kier molecular flexibility index (Phi) is 6.07. The maximum atomic E-state index is 2.58. The van der Waals surface area contributed by atoms with Crippen LogP contribution in [-0.2, 0) is 6.42 Å². The molecule has 0 atom stereocenters. The molecular weight excluding hydrogens is 383 g/mol. The second-order valence-corrected chi connectivity index (χ2v) is 6.92. The van der Waals surface area contributed by atoms with Crippen LogP contribution in [0.1, 0.15) is 38.7 Å². The summed E-state index contributed by atoms with van der Waals surface area (Å²) in [5, 5.41) is 0. The number of benzene rings is 1. The van der Waals surface area contributed by atoms with Gasteiger partial charge in [0, 0.05) is 45.1 Å². The van der Waals surface area contributed by atoms with Gasteiger partial charge in [0.2, 0.25) is 0 Å². The van der Waals surface area contributed by atoms with Crippen LogP contribution in [0.2, 0.25) is 0 Å². The first kappa shape index (κ1) is 17.5. The average Bonchev–Trinajstić information content (AvgIpc) is 3.00. The maximum Gasteiger partial charge on any atom is 0.165 e. The Morgan fingerprint density at radius 1 is 1.09 bits per heavy atom. The van der Waals surface area contributed by atoms with Gasteiger partial charge in [0.15, 0.2) is 11.8 Å². The number of rotatable bonds is 4. The third kappa shape index (κ3) is 4.12. The zero-order valence-electron chi connectivity index (χ0n) is 13.8. The molecule has 0 unspecified atom stereocenters. The fourth-order valence-corrected chi connectivity index (χ4v) is 3.47. The highest BCUT2D eigenvalue weighted by atomic mass is 127. The van der Waals surface area contributed by atoms with Gasteiger partial charge in [-0.25, -0.2) is 4.58 Å². The molecule has 22 heavy (non-hydrogen) atoms. The summed E-state index contributed by atoms with van der Waals surface area (Å²) < 4.78 is 2.51. The zero-order chi connectivity index (χ0) is 14.7. The van der Waals surface area contributed by atoms with Crippen molar-refractivity contribution in [3.8, 4) is 0 Å². The molecule has 1 aromatic rings. The van der Waals surface area contributed by atoms with Gasteiger partial charge < -0.3 is 28.9 Å². The molecule has 1 saturated heterocycles. The summed E-state index contributed by atoms with van der Waals surface area (Å²) in [4.78, 5) is 2.58. The second-order valence-electron chi connectivity index (χ2n) is 6.92. The van der Waals surface area contributed by atoms with Crippen LogP contribution >= 0.6 is 0 Å². The lowest BCUT2D eigenvalue weighted by Gasteiger charge is -2.31. The van der Waals surface area contributed by atoms with E-state index in [0.717, 1.165) is 19.4 Å². The fourth-order valence-electron chi connectivity index (χ4n) is 3.47. The van der Waals surface area contributed by atoms with Gasteiger partial charge in [0.05, 0.1) is 6.42 Å². The number of hydrogen-bond acceptors (Lipinski definition) is 1. The molecule has 1 fully saturated rings. The van der Waals surface area contributed by atoms with E-state index in [9.17, 15) is 0 Å². The van der Waals surface area contributed by atoms with Gasteiger partial charge >= 0.3 is 0 Å². The first-order chi connectivity index (χ1) is 10.1. The van der Waals surface area contributed by atoms with Crippen LogP contribution in [0.3, 0.4) is 0 Å². The van der Waals surface area contributed by atoms with E-state index in [1.807, 2.05) is 0 Å². The Morgan fingerprint density at radius 3 is 2.41 bits per heavy atom. The molecule has 0 radical (unpaired) electrons. The third-order valence-electron chi connectivity index (χ3n) is 4.83. The SMILES string of the molecule is CC1(C)CC(N2CCCC2)=CC=[N+]1CCc1ccccc1.[I-]. The smallest absolute Gasteiger partial charge is 0.165 e. The average molecular weight is 410 g/mol. The summed E-state index contributed by atoms with van der Waals surface area (Å²) in [6, 6.07) is 10.8. The monoisotopic (exact) mass is 410 g/mol. The van der Waals surface area contributed by atoms with Crippen molar-refractivity contribution in [1.82, 2.24) is 4.90 Å². The Labute approximate surface area is 151 Å². The quantitative estimate of drug-likeness (QED) is 0.517. The molecule has 0 saturated carbocycles. The van der Waals surface area contributed by atoms with Crippen molar-refractivity contribution in [2.24, 2.45) is 0 Å². The third-order valence-corrected chi connectivity index (χ3v) is 4.83. The summed E-state index contributed by atoms with van der Waals surface area (Å²) in [7, 11) is 0. The van der Waals surface area contributed by atoms with Gasteiger partial charge in [-0.2, -0.15) is 0 Å². The number of halogens is 1. The Bertz CT molecular complexity index is 540. The Hall–Kier alpha value is -0.840. The predicted molar refractivity (Wildman–Crippen MR) is 88.9 cm³/mol. The maximum absolute atomic E-state index is 2.58. The highest BCUT2D eigenvalue weighted by molar-refractivity contribution is 5.68. The van der Waals surface area contributed by atoms with E-state index in [0.29, 0.717) is 0 Å². The predicted octanol–water partition coefficient (Wildman–Crippen LogP) is 0.478. The van der Waals surface area contributed by atoms with Crippen molar-refractivity contribution in [1.29, 1.82) is 0 Å². The van der Waals surface area contributed by atoms with Gasteiger partial charge in [-0.3, -0.25) is 0 Å². The van der Waals surface area contributed by atoms with Crippen LogP contribution in [-0.4, -0.2) is 40.9 Å². The number of nitrogens with zero attached hydrogens (tertiary/aromatic N) is 2. The van der Waals surface area contributed by atoms with Gasteiger partial charge in [0.25, 0.3) is 0 Å². The van der Waals surface area contributed by atoms with Crippen molar-refractivity contribution >= 4 is 6.21 Å². The molecule has 0 bridgehead atoms. The van der Waals surface area contributed by atoms with E-state index in [2.05, 4.69) is 65.9 Å². The van der Waals surface area contributed by atoms with E-state index < -0.39 is 0 Å². The standard InChI is InChI=1S/C19H27N2.HI/c1-19(2)16-18(20-12-6-7-13-20)11-15-21(19)14-10-17-8-4-3-5-9-17;/h3-5,8-9,11,15H,6-7,10,12-14,16H2,1-2H3;1H/q+1;/p-1. The van der Waals surface area contributed by atoms with Crippen molar-refractivity contribution in [2.75, 3.05) is 19.6 Å². The van der Waals surface area contributed by atoms with Crippen LogP contribution < -0.4 is 24.0 Å². The molecule has 1 aromatic carbocycles. The summed E-state index contributed by atoms with van der Waals surface area (Å²) in [6.45, 7) is 8.34. The number of likely N-dealkylation sites (tertiary alicyclic amines) is 1. The molecule has 2 aliphatic rings. The summed E-state index contributed by atoms with van der Waals surface area (Å²) in [6.07, 6.45) is 9.67. The second kappa shape index (κ2) is 7.62. The van der Waals surface area contributed by atoms with E-state index >= 15 is 0 Å². The molecule has 0 amide bonds. The Balaban J connectivity index is 0.00000176. The molecular formula is C19H27IN2. The molecule has 3 heteroatoms. The van der Waals surface area contributed by atoms with Crippen LogP contribution in [0.4, 0.5) is 0 Å². The summed E-state index contributed by atoms with van der Waals surface area (Å²) >= 11 is 0. The van der Waals surface area contributed by atoms with Gasteiger partial charge in [-0.15, -0.1) is 0 Å². The van der Waals surface area contributed by atoms with Crippen LogP contribution in [0.25, 0.3) is 0 Å². The van der Waals surface area contributed by atoms with Crippen molar-refractivity contribution in [2.45, 2.75) is 45.1 Å². The van der Waals surface area contributed by atoms with Crippen LogP contribution in [0.5, 0.6) is 0 Å². The molecule has 0 spiro atoms. The topological polar surface area (TPSA) is 6.25 Å². The molecule has 2 aliphatic heterocycles. The first-order valence-corrected chi connectivity index (χ1v) is 8.25. The van der Waals surface area contributed by atoms with E-state index in [1.165, 1.54) is 37.2 Å². The van der Waals surface area contributed by atoms with Crippen LogP contribution in [0, 0.1) is 0 Å². The molecule has 3 rings (SSSR count). The van der Waals surface area contributed by atoms with Gasteiger partial charge in [-0.05, 0) is 18.4 Å². The first-order valence-electron chi connectivity index (χ1n) is 8.25. The van der Waals surface area contributed by atoms with E-state index in [1.54, 1.807) is 0 Å². The fraction of sp³-hybridized carbons (Fsp3) is 0.526. The molecule has 0 aliphatic carbocycles. The highest BCUT2D eigenvalue weighted by Crippen LogP contribution is 2.27. The van der Waals surface area contributed by atoms with Crippen molar-refractivity contribution < 1.29 is 28.6 Å². The lowest BCUT2D eigenvalue weighted by Crippen LogP contribution is -3.00. The summed E-state index contributed by atoms with van der Waals surface area (Å²) in [5.41, 5.74) is 3.19. The summed E-state index contributed by atoms with van der Waals surface area (Å²) in [5.74, 6) is 0. The van der Waals surface area contributed by atoms with Gasteiger partial charge in [-0.1, -0.05) is 30.3 Å². The lowest BCUT2D eigenvalue weighted by molar-refractivity contribution is -0.597. The number of hydrogen-bond donors (Lipinski definition) is 0. The van der Waals surface area contributed by atoms with Crippen molar-refractivity contribution in [3.63, 3.8) is 0 Å². The largest absolute Gasteiger partial charge is 1.00 e. The molecule has 0 N–H and O–H groups in total. The highest BCUT2D eigenvalue weighted by Gasteiger charge is 2.35. The van der Waals surface area contributed by atoms with Crippen LogP contribution in [0.15, 0.2) is 42.1 Å². The molecule has 0 aromatic heterocycles. The minimum atomic E-state index is 0.